The lowest BCUT2D eigenvalue weighted by Gasteiger charge is -2.38. The molecule has 0 aromatic rings. The van der Waals surface area contributed by atoms with E-state index in [0.29, 0.717) is 0 Å². The minimum atomic E-state index is 0.933. The van der Waals surface area contributed by atoms with E-state index in [1.165, 1.54) is 71.1 Å². The fourth-order valence-electron chi connectivity index (χ4n) is 4.09. The highest BCUT2D eigenvalue weighted by atomic mass is 15.3. The van der Waals surface area contributed by atoms with Crippen LogP contribution in [0.3, 0.4) is 0 Å². The van der Waals surface area contributed by atoms with Crippen molar-refractivity contribution < 1.29 is 9.80 Å². The number of rotatable bonds is 4. The SMILES string of the molecule is CCC(CC)[NH+]1CC[NH+](C2CCCCC2)CC1. The molecule has 1 heterocycles. The summed E-state index contributed by atoms with van der Waals surface area (Å²) in [6.07, 6.45) is 10.2. The summed E-state index contributed by atoms with van der Waals surface area (Å²) < 4.78 is 0. The molecule has 1 saturated carbocycles. The molecule has 100 valence electrons. The summed E-state index contributed by atoms with van der Waals surface area (Å²) in [5, 5.41) is 0. The number of nitrogens with one attached hydrogen (secondary N) is 2. The summed E-state index contributed by atoms with van der Waals surface area (Å²) >= 11 is 0. The first-order valence-electron chi connectivity index (χ1n) is 8.04. The second-order valence-electron chi connectivity index (χ2n) is 6.16. The summed E-state index contributed by atoms with van der Waals surface area (Å²) in [5.74, 6) is 0. The first kappa shape index (κ1) is 13.4. The standard InChI is InChI=1S/C15H30N2/c1-3-14(4-2)16-10-12-17(13-11-16)15-8-6-5-7-9-15/h14-15H,3-13H2,1-2H3/p+2. The molecule has 2 N–H and O–H groups in total. The monoisotopic (exact) mass is 240 g/mol. The third-order valence-electron chi connectivity index (χ3n) is 5.28. The van der Waals surface area contributed by atoms with Crippen molar-refractivity contribution in [1.29, 1.82) is 0 Å². The van der Waals surface area contributed by atoms with Crippen LogP contribution in [-0.2, 0) is 0 Å². The van der Waals surface area contributed by atoms with Crippen molar-refractivity contribution >= 4 is 0 Å². The van der Waals surface area contributed by atoms with Crippen LogP contribution in [0.2, 0.25) is 0 Å². The molecule has 2 rings (SSSR count). The normalized spacial score (nSPS) is 31.9. The maximum atomic E-state index is 2.36. The highest BCUT2D eigenvalue weighted by Gasteiger charge is 2.32. The van der Waals surface area contributed by atoms with Gasteiger partial charge in [-0.3, -0.25) is 0 Å². The Hall–Kier alpha value is -0.0800. The molecule has 0 aromatic carbocycles. The van der Waals surface area contributed by atoms with E-state index in [9.17, 15) is 0 Å². The molecular formula is C15H32N2+2. The molecule has 1 aliphatic carbocycles. The summed E-state index contributed by atoms with van der Waals surface area (Å²) in [5.41, 5.74) is 0. The molecule has 2 aliphatic rings. The van der Waals surface area contributed by atoms with Gasteiger partial charge in [-0.25, -0.2) is 0 Å². The average Bonchev–Trinajstić information content (AvgIpc) is 2.42. The molecule has 0 amide bonds. The predicted molar refractivity (Wildman–Crippen MR) is 72.6 cm³/mol. The zero-order chi connectivity index (χ0) is 12.1. The quantitative estimate of drug-likeness (QED) is 0.699. The smallest absolute Gasteiger partial charge is 0.127 e. The van der Waals surface area contributed by atoms with Gasteiger partial charge in [0.1, 0.15) is 26.2 Å². The van der Waals surface area contributed by atoms with Crippen molar-refractivity contribution in [3.63, 3.8) is 0 Å². The Morgan fingerprint density at radius 3 is 2.00 bits per heavy atom. The van der Waals surface area contributed by atoms with Gasteiger partial charge in [0, 0.05) is 0 Å². The third-order valence-corrected chi connectivity index (χ3v) is 5.28. The van der Waals surface area contributed by atoms with Crippen molar-refractivity contribution in [2.45, 2.75) is 70.9 Å². The van der Waals surface area contributed by atoms with E-state index in [-0.39, 0.29) is 0 Å². The van der Waals surface area contributed by atoms with Crippen LogP contribution in [0.4, 0.5) is 0 Å². The van der Waals surface area contributed by atoms with E-state index < -0.39 is 0 Å². The van der Waals surface area contributed by atoms with Gasteiger partial charge in [-0.1, -0.05) is 20.3 Å². The van der Waals surface area contributed by atoms with E-state index in [1.54, 1.807) is 0 Å². The lowest BCUT2D eigenvalue weighted by Crippen LogP contribution is -3.31. The Kier molecular flexibility index (Phi) is 5.30. The number of quaternary nitrogens is 2. The molecule has 0 bridgehead atoms. The minimum Gasteiger partial charge on any atom is -0.323 e. The van der Waals surface area contributed by atoms with Crippen molar-refractivity contribution in [2.75, 3.05) is 26.2 Å². The molecule has 1 saturated heterocycles. The Morgan fingerprint density at radius 2 is 1.47 bits per heavy atom. The van der Waals surface area contributed by atoms with Gasteiger partial charge in [-0.15, -0.1) is 0 Å². The van der Waals surface area contributed by atoms with Crippen molar-refractivity contribution in [3.05, 3.63) is 0 Å². The number of hydrogen-bond donors (Lipinski definition) is 2. The van der Waals surface area contributed by atoms with E-state index in [1.807, 2.05) is 9.80 Å². The average molecular weight is 240 g/mol. The van der Waals surface area contributed by atoms with Gasteiger partial charge in [0.15, 0.2) is 0 Å². The highest BCUT2D eigenvalue weighted by molar-refractivity contribution is 4.64. The molecule has 2 fully saturated rings. The summed E-state index contributed by atoms with van der Waals surface area (Å²) in [6.45, 7) is 10.5. The second kappa shape index (κ2) is 6.75. The van der Waals surface area contributed by atoms with Crippen LogP contribution in [0.5, 0.6) is 0 Å². The number of hydrogen-bond acceptors (Lipinski definition) is 0. The molecule has 0 spiro atoms. The summed E-state index contributed by atoms with van der Waals surface area (Å²) in [4.78, 5) is 3.84. The fourth-order valence-corrected chi connectivity index (χ4v) is 4.09. The lowest BCUT2D eigenvalue weighted by molar-refractivity contribution is -1.03. The van der Waals surface area contributed by atoms with Crippen molar-refractivity contribution in [2.24, 2.45) is 0 Å². The molecule has 17 heavy (non-hydrogen) atoms. The zero-order valence-electron chi connectivity index (χ0n) is 11.9. The largest absolute Gasteiger partial charge is 0.323 e. The molecular weight excluding hydrogens is 208 g/mol. The summed E-state index contributed by atoms with van der Waals surface area (Å²) in [6, 6.07) is 1.95. The van der Waals surface area contributed by atoms with Crippen LogP contribution in [0.15, 0.2) is 0 Å². The Bertz CT molecular complexity index is 199. The van der Waals surface area contributed by atoms with Gasteiger partial charge in [0.2, 0.25) is 0 Å². The van der Waals surface area contributed by atoms with E-state index >= 15 is 0 Å². The van der Waals surface area contributed by atoms with Crippen LogP contribution in [0, 0.1) is 0 Å². The fraction of sp³-hybridized carbons (Fsp3) is 1.00. The molecule has 0 unspecified atom stereocenters. The topological polar surface area (TPSA) is 8.88 Å². The number of piperazine rings is 1. The Morgan fingerprint density at radius 1 is 0.882 bits per heavy atom. The first-order valence-corrected chi connectivity index (χ1v) is 8.04. The van der Waals surface area contributed by atoms with E-state index in [4.69, 9.17) is 0 Å². The highest BCUT2D eigenvalue weighted by Crippen LogP contribution is 2.15. The molecule has 0 radical (unpaired) electrons. The molecule has 2 heteroatoms. The van der Waals surface area contributed by atoms with Gasteiger partial charge < -0.3 is 9.80 Å². The first-order chi connectivity index (χ1) is 8.35. The van der Waals surface area contributed by atoms with Gasteiger partial charge >= 0.3 is 0 Å². The van der Waals surface area contributed by atoms with Gasteiger partial charge in [-0.2, -0.15) is 0 Å². The molecule has 0 aromatic heterocycles. The van der Waals surface area contributed by atoms with E-state index in [0.717, 1.165) is 12.1 Å². The molecule has 2 nitrogen and oxygen atoms in total. The van der Waals surface area contributed by atoms with Crippen molar-refractivity contribution in [3.8, 4) is 0 Å². The van der Waals surface area contributed by atoms with Gasteiger partial charge in [0.05, 0.1) is 12.1 Å². The van der Waals surface area contributed by atoms with Gasteiger partial charge in [-0.05, 0) is 38.5 Å². The maximum absolute atomic E-state index is 2.36. The maximum Gasteiger partial charge on any atom is 0.127 e. The Balaban J connectivity index is 1.76. The van der Waals surface area contributed by atoms with Crippen LogP contribution >= 0.6 is 0 Å². The van der Waals surface area contributed by atoms with Crippen LogP contribution in [0.25, 0.3) is 0 Å². The Labute approximate surface area is 107 Å². The van der Waals surface area contributed by atoms with Crippen molar-refractivity contribution in [1.82, 2.24) is 0 Å². The lowest BCUT2D eigenvalue weighted by atomic mass is 9.93. The molecule has 0 atom stereocenters. The predicted octanol–water partition coefficient (Wildman–Crippen LogP) is 0.291. The summed E-state index contributed by atoms with van der Waals surface area (Å²) in [7, 11) is 0. The van der Waals surface area contributed by atoms with E-state index in [2.05, 4.69) is 13.8 Å². The van der Waals surface area contributed by atoms with Gasteiger partial charge in [0.25, 0.3) is 0 Å². The van der Waals surface area contributed by atoms with Crippen LogP contribution < -0.4 is 9.80 Å². The molecule has 1 aliphatic heterocycles. The second-order valence-corrected chi connectivity index (χ2v) is 6.16. The van der Waals surface area contributed by atoms with Crippen LogP contribution in [-0.4, -0.2) is 38.3 Å². The minimum absolute atomic E-state index is 0.933. The third kappa shape index (κ3) is 3.45. The van der Waals surface area contributed by atoms with Crippen LogP contribution in [0.1, 0.15) is 58.8 Å². The zero-order valence-corrected chi connectivity index (χ0v) is 11.9.